The van der Waals surface area contributed by atoms with Crippen molar-refractivity contribution in [1.82, 2.24) is 4.90 Å². The maximum absolute atomic E-state index is 12.9. The van der Waals surface area contributed by atoms with E-state index in [-0.39, 0.29) is 18.4 Å². The van der Waals surface area contributed by atoms with Crippen molar-refractivity contribution < 1.29 is 19.1 Å². The van der Waals surface area contributed by atoms with E-state index >= 15 is 0 Å². The number of ether oxygens (including phenoxy) is 2. The van der Waals surface area contributed by atoms with Crippen LogP contribution in [-0.4, -0.2) is 55.8 Å². The number of aliphatic imine (C=N–C) groups is 1. The predicted octanol–water partition coefficient (Wildman–Crippen LogP) is 3.40. The molecule has 1 saturated heterocycles. The summed E-state index contributed by atoms with van der Waals surface area (Å²) in [7, 11) is 1.59. The molecule has 6 nitrogen and oxygen atoms in total. The lowest BCUT2D eigenvalue weighted by Gasteiger charge is -2.33. The first-order valence-electron chi connectivity index (χ1n) is 10.3. The maximum atomic E-state index is 12.9. The van der Waals surface area contributed by atoms with Crippen LogP contribution in [0.5, 0.6) is 5.75 Å². The standard InChI is InChI=1S/C24H28N2O4/c1-3-30-24(28)21-17-26(23(27)19-9-11-20(29-2)12-10-19)16-14-22(21)25-15-13-18-7-5-4-6-8-18/h4-12,21H,3,13-17H2,1-2H3. The molecule has 1 atom stereocenters. The van der Waals surface area contributed by atoms with Crippen LogP contribution < -0.4 is 4.74 Å². The number of hydrogen-bond acceptors (Lipinski definition) is 5. The van der Waals surface area contributed by atoms with Gasteiger partial charge in [-0.05, 0) is 43.2 Å². The van der Waals surface area contributed by atoms with E-state index in [1.165, 1.54) is 5.56 Å². The van der Waals surface area contributed by atoms with Crippen LogP contribution in [0.4, 0.5) is 0 Å². The Bertz CT molecular complexity index is 878. The van der Waals surface area contributed by atoms with Gasteiger partial charge in [-0.1, -0.05) is 30.3 Å². The zero-order valence-corrected chi connectivity index (χ0v) is 17.5. The summed E-state index contributed by atoms with van der Waals surface area (Å²) in [4.78, 5) is 31.9. The van der Waals surface area contributed by atoms with Gasteiger partial charge in [-0.2, -0.15) is 0 Å². The Morgan fingerprint density at radius 1 is 1.10 bits per heavy atom. The van der Waals surface area contributed by atoms with Crippen LogP contribution in [0, 0.1) is 5.92 Å². The van der Waals surface area contributed by atoms with Crippen molar-refractivity contribution in [2.75, 3.05) is 33.4 Å². The van der Waals surface area contributed by atoms with Crippen LogP contribution in [-0.2, 0) is 16.0 Å². The van der Waals surface area contributed by atoms with Crippen molar-refractivity contribution in [2.45, 2.75) is 19.8 Å². The number of carbonyl (C=O) groups excluding carboxylic acids is 2. The van der Waals surface area contributed by atoms with Gasteiger partial charge in [0, 0.05) is 37.3 Å². The van der Waals surface area contributed by atoms with Crippen LogP contribution in [0.25, 0.3) is 0 Å². The van der Waals surface area contributed by atoms with Gasteiger partial charge in [0.05, 0.1) is 13.7 Å². The van der Waals surface area contributed by atoms with Gasteiger partial charge >= 0.3 is 5.97 Å². The molecule has 6 heteroatoms. The SMILES string of the molecule is CCOC(=O)C1CN(C(=O)c2ccc(OC)cc2)CCC1=NCCc1ccccc1. The van der Waals surface area contributed by atoms with E-state index in [9.17, 15) is 9.59 Å². The molecule has 0 radical (unpaired) electrons. The minimum absolute atomic E-state index is 0.102. The number of hydrogen-bond donors (Lipinski definition) is 0. The molecule has 0 saturated carbocycles. The summed E-state index contributed by atoms with van der Waals surface area (Å²) < 4.78 is 10.4. The van der Waals surface area contributed by atoms with Gasteiger partial charge in [-0.15, -0.1) is 0 Å². The molecule has 30 heavy (non-hydrogen) atoms. The third kappa shape index (κ3) is 5.47. The maximum Gasteiger partial charge on any atom is 0.316 e. The molecule has 1 fully saturated rings. The van der Waals surface area contributed by atoms with Crippen molar-refractivity contribution >= 4 is 17.6 Å². The summed E-state index contributed by atoms with van der Waals surface area (Å²) in [5, 5.41) is 0. The number of piperidine rings is 1. The van der Waals surface area contributed by atoms with E-state index in [0.29, 0.717) is 37.4 Å². The number of methoxy groups -OCH3 is 1. The lowest BCUT2D eigenvalue weighted by Crippen LogP contribution is -2.47. The molecule has 2 aromatic rings. The molecule has 0 bridgehead atoms. The number of likely N-dealkylation sites (tertiary alicyclic amines) is 1. The number of nitrogens with zero attached hydrogens (tertiary/aromatic N) is 2. The molecule has 0 N–H and O–H groups in total. The predicted molar refractivity (Wildman–Crippen MR) is 116 cm³/mol. The van der Waals surface area contributed by atoms with Gasteiger partial charge in [0.25, 0.3) is 5.91 Å². The highest BCUT2D eigenvalue weighted by Gasteiger charge is 2.34. The fourth-order valence-electron chi connectivity index (χ4n) is 3.56. The summed E-state index contributed by atoms with van der Waals surface area (Å²) in [5.41, 5.74) is 2.60. The molecule has 2 aromatic carbocycles. The van der Waals surface area contributed by atoms with Crippen molar-refractivity contribution in [3.8, 4) is 5.75 Å². The Morgan fingerprint density at radius 3 is 2.50 bits per heavy atom. The Morgan fingerprint density at radius 2 is 1.83 bits per heavy atom. The van der Waals surface area contributed by atoms with Gasteiger partial charge in [0.1, 0.15) is 11.7 Å². The second-order valence-electron chi connectivity index (χ2n) is 7.14. The molecule has 1 aliphatic rings. The molecule has 1 heterocycles. The summed E-state index contributed by atoms with van der Waals surface area (Å²) in [6.07, 6.45) is 1.38. The molecular weight excluding hydrogens is 380 g/mol. The molecule has 3 rings (SSSR count). The molecule has 1 aliphatic heterocycles. The Labute approximate surface area is 177 Å². The first-order chi connectivity index (χ1) is 14.6. The van der Waals surface area contributed by atoms with Gasteiger partial charge in [0.2, 0.25) is 0 Å². The zero-order valence-electron chi connectivity index (χ0n) is 17.5. The Hall–Kier alpha value is -3.15. The quantitative estimate of drug-likeness (QED) is 0.659. The third-order valence-corrected chi connectivity index (χ3v) is 5.20. The van der Waals surface area contributed by atoms with Crippen LogP contribution in [0.2, 0.25) is 0 Å². The number of benzene rings is 2. The largest absolute Gasteiger partial charge is 0.497 e. The minimum Gasteiger partial charge on any atom is -0.497 e. The number of carbonyl (C=O) groups is 2. The van der Waals surface area contributed by atoms with E-state index in [0.717, 1.165) is 12.1 Å². The molecule has 0 aliphatic carbocycles. The average Bonchev–Trinajstić information content (AvgIpc) is 2.79. The first-order valence-corrected chi connectivity index (χ1v) is 10.3. The van der Waals surface area contributed by atoms with Gasteiger partial charge in [-0.3, -0.25) is 14.6 Å². The van der Waals surface area contributed by atoms with E-state index in [4.69, 9.17) is 14.5 Å². The van der Waals surface area contributed by atoms with E-state index < -0.39 is 5.92 Å². The number of amides is 1. The number of rotatable bonds is 7. The monoisotopic (exact) mass is 408 g/mol. The normalized spacial score (nSPS) is 17.6. The molecule has 158 valence electrons. The van der Waals surface area contributed by atoms with Gasteiger partial charge in [-0.25, -0.2) is 0 Å². The fourth-order valence-corrected chi connectivity index (χ4v) is 3.56. The highest BCUT2D eigenvalue weighted by Crippen LogP contribution is 2.20. The van der Waals surface area contributed by atoms with Crippen LogP contribution in [0.1, 0.15) is 29.3 Å². The number of esters is 1. The average molecular weight is 408 g/mol. The van der Waals surface area contributed by atoms with Crippen molar-refractivity contribution in [3.63, 3.8) is 0 Å². The molecular formula is C24H28N2O4. The van der Waals surface area contributed by atoms with Gasteiger partial charge < -0.3 is 14.4 Å². The second kappa shape index (κ2) is 10.6. The first kappa shape index (κ1) is 21.6. The molecule has 1 amide bonds. The molecule has 0 spiro atoms. The zero-order chi connectivity index (χ0) is 21.3. The van der Waals surface area contributed by atoms with Crippen LogP contribution >= 0.6 is 0 Å². The minimum atomic E-state index is -0.517. The summed E-state index contributed by atoms with van der Waals surface area (Å²) >= 11 is 0. The Kier molecular flexibility index (Phi) is 7.60. The summed E-state index contributed by atoms with van der Waals surface area (Å²) in [5.74, 6) is -0.238. The smallest absolute Gasteiger partial charge is 0.316 e. The van der Waals surface area contributed by atoms with Crippen LogP contribution in [0.3, 0.4) is 0 Å². The summed E-state index contributed by atoms with van der Waals surface area (Å²) in [6.45, 7) is 3.52. The second-order valence-corrected chi connectivity index (χ2v) is 7.14. The lowest BCUT2D eigenvalue weighted by molar-refractivity contribution is -0.146. The van der Waals surface area contributed by atoms with E-state index in [1.807, 2.05) is 18.2 Å². The van der Waals surface area contributed by atoms with E-state index in [2.05, 4.69) is 12.1 Å². The highest BCUT2D eigenvalue weighted by atomic mass is 16.5. The third-order valence-electron chi connectivity index (χ3n) is 5.20. The van der Waals surface area contributed by atoms with Crippen molar-refractivity contribution in [2.24, 2.45) is 10.9 Å². The lowest BCUT2D eigenvalue weighted by atomic mass is 9.94. The topological polar surface area (TPSA) is 68.2 Å². The summed E-state index contributed by atoms with van der Waals surface area (Å²) in [6, 6.07) is 17.1. The highest BCUT2D eigenvalue weighted by molar-refractivity contribution is 6.05. The molecule has 1 unspecified atom stereocenters. The van der Waals surface area contributed by atoms with Crippen molar-refractivity contribution in [3.05, 3.63) is 65.7 Å². The fraction of sp³-hybridized carbons (Fsp3) is 0.375. The van der Waals surface area contributed by atoms with Crippen molar-refractivity contribution in [1.29, 1.82) is 0 Å². The van der Waals surface area contributed by atoms with E-state index in [1.54, 1.807) is 43.2 Å². The van der Waals surface area contributed by atoms with Gasteiger partial charge in [0.15, 0.2) is 0 Å². The van der Waals surface area contributed by atoms with Crippen LogP contribution in [0.15, 0.2) is 59.6 Å². The Balaban J connectivity index is 1.69. The molecule has 0 aromatic heterocycles.